The fraction of sp³-hybridized carbons (Fsp3) is 0.250. The minimum Gasteiger partial charge on any atom is -0.493 e. The number of benzene rings is 2. The molecule has 0 unspecified atom stereocenters. The fourth-order valence-electron chi connectivity index (χ4n) is 4.44. The third-order valence-electron chi connectivity index (χ3n) is 6.12. The van der Waals surface area contributed by atoms with E-state index in [1.807, 2.05) is 59.5 Å². The van der Waals surface area contributed by atoms with Crippen LogP contribution in [-0.2, 0) is 22.6 Å². The maximum Gasteiger partial charge on any atom is 0.278 e. The number of ether oxygens (including phenoxy) is 1. The van der Waals surface area contributed by atoms with Crippen molar-refractivity contribution in [2.45, 2.75) is 26.8 Å². The summed E-state index contributed by atoms with van der Waals surface area (Å²) in [6, 6.07) is 19.2. The highest BCUT2D eigenvalue weighted by atomic mass is 16.5. The van der Waals surface area contributed by atoms with E-state index in [-0.39, 0.29) is 18.4 Å². The van der Waals surface area contributed by atoms with E-state index in [0.717, 1.165) is 23.4 Å². The molecular formula is C28H27N3O3. The maximum absolute atomic E-state index is 13.7. The van der Waals surface area contributed by atoms with Gasteiger partial charge in [-0.2, -0.15) is 0 Å². The molecule has 0 saturated heterocycles. The predicted molar refractivity (Wildman–Crippen MR) is 131 cm³/mol. The Labute approximate surface area is 199 Å². The molecule has 172 valence electrons. The smallest absolute Gasteiger partial charge is 0.278 e. The molecule has 3 heterocycles. The molecule has 0 N–H and O–H groups in total. The Bertz CT molecular complexity index is 1250. The normalized spacial score (nSPS) is 15.5. The second kappa shape index (κ2) is 9.14. The van der Waals surface area contributed by atoms with E-state index in [0.29, 0.717) is 35.9 Å². The number of para-hydroxylation sites is 1. The third kappa shape index (κ3) is 4.07. The minimum atomic E-state index is -0.281. The fourth-order valence-corrected chi connectivity index (χ4v) is 4.44. The number of imide groups is 1. The average Bonchev–Trinajstić information content (AvgIpc) is 3.38. The lowest BCUT2D eigenvalue weighted by Crippen LogP contribution is -2.34. The largest absolute Gasteiger partial charge is 0.493 e. The maximum atomic E-state index is 13.7. The zero-order valence-electron chi connectivity index (χ0n) is 19.4. The van der Waals surface area contributed by atoms with Crippen LogP contribution in [0.4, 0.5) is 5.69 Å². The molecule has 6 nitrogen and oxygen atoms in total. The number of pyridine rings is 1. The van der Waals surface area contributed by atoms with Gasteiger partial charge in [-0.15, -0.1) is 0 Å². The van der Waals surface area contributed by atoms with Crippen molar-refractivity contribution in [2.24, 2.45) is 5.92 Å². The van der Waals surface area contributed by atoms with Gasteiger partial charge in [0.15, 0.2) is 0 Å². The molecule has 0 aliphatic carbocycles. The van der Waals surface area contributed by atoms with Crippen LogP contribution in [0.1, 0.15) is 30.5 Å². The lowest BCUT2D eigenvalue weighted by atomic mass is 10.0. The highest BCUT2D eigenvalue weighted by molar-refractivity contribution is 6.36. The van der Waals surface area contributed by atoms with E-state index in [2.05, 4.69) is 24.9 Å². The first-order chi connectivity index (χ1) is 16.5. The number of carbonyl (C=O) groups excluding carboxylic acids is 2. The van der Waals surface area contributed by atoms with Crippen LogP contribution in [0.3, 0.4) is 0 Å². The molecule has 0 fully saturated rings. The van der Waals surface area contributed by atoms with Gasteiger partial charge >= 0.3 is 0 Å². The van der Waals surface area contributed by atoms with E-state index < -0.39 is 0 Å². The second-order valence-corrected chi connectivity index (χ2v) is 9.04. The Morgan fingerprint density at radius 3 is 2.41 bits per heavy atom. The molecule has 2 aliphatic heterocycles. The molecule has 2 aromatic carbocycles. The average molecular weight is 454 g/mol. The lowest BCUT2D eigenvalue weighted by molar-refractivity contribution is -0.137. The predicted octanol–water partition coefficient (Wildman–Crippen LogP) is 4.46. The summed E-state index contributed by atoms with van der Waals surface area (Å²) in [5.41, 5.74) is 4.62. The molecule has 6 heteroatoms. The summed E-state index contributed by atoms with van der Waals surface area (Å²) in [7, 11) is 0. The summed E-state index contributed by atoms with van der Waals surface area (Å²) in [6.45, 7) is 5.68. The summed E-state index contributed by atoms with van der Waals surface area (Å²) in [5, 5.41) is 0. The van der Waals surface area contributed by atoms with E-state index >= 15 is 0 Å². The third-order valence-corrected chi connectivity index (χ3v) is 6.12. The van der Waals surface area contributed by atoms with Crippen molar-refractivity contribution in [3.63, 3.8) is 0 Å². The van der Waals surface area contributed by atoms with Crippen LogP contribution in [0.5, 0.6) is 5.75 Å². The zero-order valence-corrected chi connectivity index (χ0v) is 19.4. The monoisotopic (exact) mass is 453 g/mol. The molecule has 0 atom stereocenters. The number of nitrogens with zero attached hydrogens (tertiary/aromatic N) is 3. The molecule has 34 heavy (non-hydrogen) atoms. The molecule has 0 radical (unpaired) electrons. The van der Waals surface area contributed by atoms with Crippen LogP contribution in [0.15, 0.2) is 78.8 Å². The van der Waals surface area contributed by atoms with Gasteiger partial charge in [-0.25, -0.2) is 0 Å². The van der Waals surface area contributed by atoms with Crippen molar-refractivity contribution >= 4 is 23.1 Å². The SMILES string of the molecule is CC(C)COc1ccc(C2=C(N3CCc4ccccc43)C(=O)N(Cc3ccncc3)C2=O)cc1. The first-order valence-electron chi connectivity index (χ1n) is 11.6. The first-order valence-corrected chi connectivity index (χ1v) is 11.6. The number of fused-ring (bicyclic) bond motifs is 1. The first kappa shape index (κ1) is 21.9. The van der Waals surface area contributed by atoms with Crippen LogP contribution >= 0.6 is 0 Å². The number of aromatic nitrogens is 1. The Morgan fingerprint density at radius 1 is 0.941 bits per heavy atom. The van der Waals surface area contributed by atoms with Gasteiger partial charge in [0.05, 0.1) is 18.7 Å². The van der Waals surface area contributed by atoms with E-state index in [4.69, 9.17) is 4.74 Å². The van der Waals surface area contributed by atoms with Gasteiger partial charge in [0.2, 0.25) is 0 Å². The summed E-state index contributed by atoms with van der Waals surface area (Å²) in [5.74, 6) is 0.613. The highest BCUT2D eigenvalue weighted by Gasteiger charge is 2.43. The van der Waals surface area contributed by atoms with Gasteiger partial charge < -0.3 is 9.64 Å². The molecule has 1 aromatic heterocycles. The van der Waals surface area contributed by atoms with Gasteiger partial charge in [0.1, 0.15) is 11.4 Å². The Balaban J connectivity index is 1.54. The molecule has 0 bridgehead atoms. The highest BCUT2D eigenvalue weighted by Crippen LogP contribution is 2.39. The summed E-state index contributed by atoms with van der Waals surface area (Å²) < 4.78 is 5.81. The van der Waals surface area contributed by atoms with Crippen LogP contribution in [-0.4, -0.2) is 34.8 Å². The number of carbonyl (C=O) groups is 2. The standard InChI is InChI=1S/C28H27N3O3/c1-19(2)18-34-23-9-7-22(8-10-23)25-26(30-16-13-21-5-3-4-6-24(21)30)28(33)31(27(25)32)17-20-11-14-29-15-12-20/h3-12,14-15,19H,13,16-18H2,1-2H3. The van der Waals surface area contributed by atoms with Crippen molar-refractivity contribution in [1.29, 1.82) is 0 Å². The lowest BCUT2D eigenvalue weighted by Gasteiger charge is -2.22. The van der Waals surface area contributed by atoms with Crippen molar-refractivity contribution in [1.82, 2.24) is 9.88 Å². The number of amides is 2. The van der Waals surface area contributed by atoms with Gasteiger partial charge in [-0.1, -0.05) is 44.2 Å². The molecule has 2 amide bonds. The number of hydrogen-bond donors (Lipinski definition) is 0. The Morgan fingerprint density at radius 2 is 1.68 bits per heavy atom. The van der Waals surface area contributed by atoms with Gasteiger partial charge in [0.25, 0.3) is 11.8 Å². The van der Waals surface area contributed by atoms with Gasteiger partial charge in [0, 0.05) is 24.6 Å². The molecule has 0 saturated carbocycles. The summed E-state index contributed by atoms with van der Waals surface area (Å²) in [6.07, 6.45) is 4.17. The molecule has 0 spiro atoms. The number of rotatable bonds is 7. The molecule has 3 aromatic rings. The quantitative estimate of drug-likeness (QED) is 0.495. The summed E-state index contributed by atoms with van der Waals surface area (Å²) in [4.78, 5) is 34.8. The Hall–Kier alpha value is -3.93. The van der Waals surface area contributed by atoms with Crippen molar-refractivity contribution < 1.29 is 14.3 Å². The van der Waals surface area contributed by atoms with E-state index in [1.54, 1.807) is 12.4 Å². The number of hydrogen-bond acceptors (Lipinski definition) is 5. The van der Waals surface area contributed by atoms with E-state index in [1.165, 1.54) is 10.5 Å². The van der Waals surface area contributed by atoms with Crippen LogP contribution < -0.4 is 9.64 Å². The summed E-state index contributed by atoms with van der Waals surface area (Å²) >= 11 is 0. The topological polar surface area (TPSA) is 62.7 Å². The molecule has 5 rings (SSSR count). The number of anilines is 1. The zero-order chi connectivity index (χ0) is 23.7. The minimum absolute atomic E-state index is 0.207. The van der Waals surface area contributed by atoms with Crippen molar-refractivity contribution in [2.75, 3.05) is 18.1 Å². The van der Waals surface area contributed by atoms with E-state index in [9.17, 15) is 9.59 Å². The second-order valence-electron chi connectivity index (χ2n) is 9.04. The molecule has 2 aliphatic rings. The van der Waals surface area contributed by atoms with Gasteiger partial charge in [-0.3, -0.25) is 19.5 Å². The van der Waals surface area contributed by atoms with Crippen LogP contribution in [0.25, 0.3) is 5.57 Å². The van der Waals surface area contributed by atoms with Gasteiger partial charge in [-0.05, 0) is 59.4 Å². The van der Waals surface area contributed by atoms with Crippen molar-refractivity contribution in [3.05, 3.63) is 95.4 Å². The molecular weight excluding hydrogens is 426 g/mol. The van der Waals surface area contributed by atoms with Crippen LogP contribution in [0.2, 0.25) is 0 Å². The Kier molecular flexibility index (Phi) is 5.88. The van der Waals surface area contributed by atoms with Crippen LogP contribution in [0, 0.1) is 5.92 Å². The van der Waals surface area contributed by atoms with Crippen molar-refractivity contribution in [3.8, 4) is 5.75 Å².